The summed E-state index contributed by atoms with van der Waals surface area (Å²) >= 11 is 6.15. The van der Waals surface area contributed by atoms with Crippen LogP contribution in [0.25, 0.3) is 16.6 Å². The Hall–Kier alpha value is -3.45. The number of nitrogens with zero attached hydrogens (tertiary/aromatic N) is 4. The van der Waals surface area contributed by atoms with Crippen molar-refractivity contribution in [3.05, 3.63) is 87.4 Å². The molecule has 1 aliphatic carbocycles. The second kappa shape index (κ2) is 8.59. The fraction of sp³-hybridized carbons (Fsp3) is 0.250. The van der Waals surface area contributed by atoms with Crippen molar-refractivity contribution in [1.29, 1.82) is 0 Å². The maximum absolute atomic E-state index is 13.3. The summed E-state index contributed by atoms with van der Waals surface area (Å²) in [5, 5.41) is 13.2. The number of carbonyl (C=O) groups is 1. The van der Waals surface area contributed by atoms with Gasteiger partial charge < -0.3 is 5.32 Å². The molecule has 1 aliphatic rings. The van der Waals surface area contributed by atoms with Gasteiger partial charge in [-0.2, -0.15) is 10.2 Å². The molecule has 5 rings (SSSR count). The van der Waals surface area contributed by atoms with Crippen molar-refractivity contribution in [3.63, 3.8) is 0 Å². The molecule has 1 N–H and O–H groups in total. The van der Waals surface area contributed by atoms with Crippen molar-refractivity contribution in [2.75, 3.05) is 6.54 Å². The number of hydrogen-bond acceptors (Lipinski definition) is 4. The molecule has 2 aromatic heterocycles. The van der Waals surface area contributed by atoms with Crippen molar-refractivity contribution in [1.82, 2.24) is 24.9 Å². The van der Waals surface area contributed by atoms with E-state index in [0.29, 0.717) is 28.7 Å². The maximum atomic E-state index is 13.3. The van der Waals surface area contributed by atoms with E-state index in [2.05, 4.69) is 15.5 Å². The molecule has 1 saturated carbocycles. The minimum atomic E-state index is -0.347. The number of hydrogen-bond donors (Lipinski definition) is 1. The molecular weight excluding hydrogens is 426 g/mol. The molecule has 1 amide bonds. The van der Waals surface area contributed by atoms with Crippen LogP contribution in [0.5, 0.6) is 0 Å². The Morgan fingerprint density at radius 2 is 1.94 bits per heavy atom. The number of aromatic nitrogens is 4. The fourth-order valence-electron chi connectivity index (χ4n) is 3.85. The summed E-state index contributed by atoms with van der Waals surface area (Å²) in [4.78, 5) is 25.9. The molecule has 0 atom stereocenters. The first-order valence-electron chi connectivity index (χ1n) is 10.7. The van der Waals surface area contributed by atoms with E-state index in [1.54, 1.807) is 23.0 Å². The van der Waals surface area contributed by atoms with Crippen molar-refractivity contribution in [3.8, 4) is 5.69 Å². The molecule has 1 fully saturated rings. The van der Waals surface area contributed by atoms with Crippen LogP contribution in [0.15, 0.2) is 65.6 Å². The van der Waals surface area contributed by atoms with Crippen LogP contribution in [0.4, 0.5) is 0 Å². The van der Waals surface area contributed by atoms with Gasteiger partial charge in [-0.15, -0.1) is 0 Å². The maximum Gasteiger partial charge on any atom is 0.293 e. The van der Waals surface area contributed by atoms with E-state index in [9.17, 15) is 9.59 Å². The standard InChI is InChI=1S/C24H22ClN5O2/c25-18-7-4-8-19(13-18)30-23-20(14-27-30)22(17-9-10-17)28-29(24(23)32)15-21(31)26-12-11-16-5-2-1-3-6-16/h1-8,13-14,17H,9-12,15H2,(H,26,31). The number of amides is 1. The van der Waals surface area contributed by atoms with Gasteiger partial charge in [0, 0.05) is 22.9 Å². The molecule has 0 unspecified atom stereocenters. The third-order valence-electron chi connectivity index (χ3n) is 5.60. The van der Waals surface area contributed by atoms with E-state index in [0.717, 1.165) is 35.9 Å². The summed E-state index contributed by atoms with van der Waals surface area (Å²) in [5.41, 5.74) is 2.73. The number of nitrogens with one attached hydrogen (secondary N) is 1. The Morgan fingerprint density at radius 3 is 2.69 bits per heavy atom. The van der Waals surface area contributed by atoms with Crippen LogP contribution in [0.1, 0.15) is 30.0 Å². The van der Waals surface area contributed by atoms with Crippen LogP contribution in [-0.2, 0) is 17.8 Å². The van der Waals surface area contributed by atoms with E-state index in [4.69, 9.17) is 11.6 Å². The summed E-state index contributed by atoms with van der Waals surface area (Å²) in [6.45, 7) is 0.361. The molecule has 0 spiro atoms. The lowest BCUT2D eigenvalue weighted by Gasteiger charge is -2.11. The molecule has 0 saturated heterocycles. The van der Waals surface area contributed by atoms with Crippen molar-refractivity contribution >= 4 is 28.4 Å². The summed E-state index contributed by atoms with van der Waals surface area (Å²) < 4.78 is 2.84. The average molecular weight is 448 g/mol. The fourth-order valence-corrected chi connectivity index (χ4v) is 4.03. The van der Waals surface area contributed by atoms with E-state index >= 15 is 0 Å². The summed E-state index contributed by atoms with van der Waals surface area (Å²) in [6, 6.07) is 17.1. The second-order valence-electron chi connectivity index (χ2n) is 8.01. The first kappa shape index (κ1) is 20.5. The largest absolute Gasteiger partial charge is 0.354 e. The quantitative estimate of drug-likeness (QED) is 0.470. The van der Waals surface area contributed by atoms with Crippen LogP contribution >= 0.6 is 11.6 Å². The van der Waals surface area contributed by atoms with Gasteiger partial charge >= 0.3 is 0 Å². The lowest BCUT2D eigenvalue weighted by atomic mass is 10.1. The molecule has 4 aromatic rings. The van der Waals surface area contributed by atoms with Crippen molar-refractivity contribution in [2.24, 2.45) is 0 Å². The van der Waals surface area contributed by atoms with Gasteiger partial charge in [0.2, 0.25) is 5.91 Å². The number of fused-ring (bicyclic) bond motifs is 1. The molecule has 0 aliphatic heterocycles. The Kier molecular flexibility index (Phi) is 5.49. The molecule has 0 bridgehead atoms. The normalized spacial score (nSPS) is 13.4. The number of benzene rings is 2. The predicted octanol–water partition coefficient (Wildman–Crippen LogP) is 3.47. The zero-order chi connectivity index (χ0) is 22.1. The highest BCUT2D eigenvalue weighted by atomic mass is 35.5. The summed E-state index contributed by atoms with van der Waals surface area (Å²) in [7, 11) is 0. The minimum absolute atomic E-state index is 0.135. The second-order valence-corrected chi connectivity index (χ2v) is 8.44. The molecule has 162 valence electrons. The SMILES string of the molecule is O=C(Cn1nc(C2CC2)c2cnn(-c3cccc(Cl)c3)c2c1=O)NCCc1ccccc1. The first-order chi connectivity index (χ1) is 15.6. The number of carbonyl (C=O) groups excluding carboxylic acids is 1. The van der Waals surface area contributed by atoms with E-state index in [1.807, 2.05) is 42.5 Å². The topological polar surface area (TPSA) is 81.8 Å². The Balaban J connectivity index is 1.44. The van der Waals surface area contributed by atoms with Crippen molar-refractivity contribution < 1.29 is 4.79 Å². The van der Waals surface area contributed by atoms with E-state index in [-0.39, 0.29) is 18.0 Å². The van der Waals surface area contributed by atoms with Crippen LogP contribution < -0.4 is 10.9 Å². The lowest BCUT2D eigenvalue weighted by Crippen LogP contribution is -2.35. The Morgan fingerprint density at radius 1 is 1.12 bits per heavy atom. The first-order valence-corrected chi connectivity index (χ1v) is 11.0. The lowest BCUT2D eigenvalue weighted by molar-refractivity contribution is -0.121. The summed E-state index contributed by atoms with van der Waals surface area (Å²) in [6.07, 6.45) is 4.45. The van der Waals surface area contributed by atoms with Gasteiger partial charge in [0.15, 0.2) is 0 Å². The molecular formula is C24H22ClN5O2. The van der Waals surface area contributed by atoms with E-state index < -0.39 is 0 Å². The monoisotopic (exact) mass is 447 g/mol. The summed E-state index contributed by atoms with van der Waals surface area (Å²) in [5.74, 6) is 0.0490. The van der Waals surface area contributed by atoms with Crippen LogP contribution in [0, 0.1) is 0 Å². The third-order valence-corrected chi connectivity index (χ3v) is 5.83. The molecule has 8 heteroatoms. The molecule has 0 radical (unpaired) electrons. The van der Waals surface area contributed by atoms with Crippen molar-refractivity contribution in [2.45, 2.75) is 31.7 Å². The Bertz CT molecular complexity index is 1340. The highest BCUT2D eigenvalue weighted by Crippen LogP contribution is 2.41. The predicted molar refractivity (Wildman–Crippen MR) is 123 cm³/mol. The zero-order valence-corrected chi connectivity index (χ0v) is 18.1. The van der Waals surface area contributed by atoms with E-state index in [1.165, 1.54) is 4.68 Å². The molecule has 2 aromatic carbocycles. The van der Waals surface area contributed by atoms with Gasteiger partial charge in [-0.1, -0.05) is 48.0 Å². The highest BCUT2D eigenvalue weighted by Gasteiger charge is 2.30. The van der Waals surface area contributed by atoms with Gasteiger partial charge in [0.1, 0.15) is 12.1 Å². The van der Waals surface area contributed by atoms with Gasteiger partial charge in [0.05, 0.1) is 17.6 Å². The number of halogens is 1. The van der Waals surface area contributed by atoms with Crippen LogP contribution in [-0.4, -0.2) is 32.0 Å². The zero-order valence-electron chi connectivity index (χ0n) is 17.4. The van der Waals surface area contributed by atoms with Gasteiger partial charge in [-0.3, -0.25) is 9.59 Å². The third kappa shape index (κ3) is 4.16. The van der Waals surface area contributed by atoms with Crippen LogP contribution in [0.2, 0.25) is 5.02 Å². The minimum Gasteiger partial charge on any atom is -0.354 e. The average Bonchev–Trinajstić information content (AvgIpc) is 3.54. The molecule has 32 heavy (non-hydrogen) atoms. The smallest absolute Gasteiger partial charge is 0.293 e. The van der Waals surface area contributed by atoms with Gasteiger partial charge in [-0.25, -0.2) is 9.36 Å². The highest BCUT2D eigenvalue weighted by molar-refractivity contribution is 6.30. The van der Waals surface area contributed by atoms with Gasteiger partial charge in [-0.05, 0) is 43.0 Å². The van der Waals surface area contributed by atoms with Gasteiger partial charge in [0.25, 0.3) is 5.56 Å². The molecule has 2 heterocycles. The Labute approximate surface area is 189 Å². The molecule has 7 nitrogen and oxygen atoms in total. The van der Waals surface area contributed by atoms with Crippen LogP contribution in [0.3, 0.4) is 0 Å². The number of rotatable bonds is 7.